The molecule has 0 atom stereocenters. The third-order valence-electron chi connectivity index (χ3n) is 3.22. The van der Waals surface area contributed by atoms with Crippen LogP contribution < -0.4 is 9.47 Å². The maximum atomic E-state index is 12.2. The number of esters is 1. The summed E-state index contributed by atoms with van der Waals surface area (Å²) in [5, 5.41) is 11.2. The molecule has 0 N–H and O–H groups in total. The lowest BCUT2D eigenvalue weighted by molar-refractivity contribution is -0.385. The maximum absolute atomic E-state index is 12.2. The molecule has 0 aromatic heterocycles. The standard InChI is InChI=1S/C16H14ClNO6/c1-22-14-6-4-12(18(20)21)7-10(14)9-24-16(19)13-8-11(17)3-5-15(13)23-2/h3-8H,9H2,1-2H3. The van der Waals surface area contributed by atoms with Crippen molar-refractivity contribution in [2.75, 3.05) is 14.2 Å². The lowest BCUT2D eigenvalue weighted by atomic mass is 10.2. The highest BCUT2D eigenvalue weighted by molar-refractivity contribution is 6.31. The lowest BCUT2D eigenvalue weighted by Crippen LogP contribution is -2.08. The fourth-order valence-corrected chi connectivity index (χ4v) is 2.22. The molecule has 2 rings (SSSR count). The zero-order valence-corrected chi connectivity index (χ0v) is 13.7. The maximum Gasteiger partial charge on any atom is 0.342 e. The Morgan fingerprint density at radius 1 is 1.12 bits per heavy atom. The first kappa shape index (κ1) is 17.6. The van der Waals surface area contributed by atoms with Gasteiger partial charge in [-0.1, -0.05) is 11.6 Å². The van der Waals surface area contributed by atoms with Gasteiger partial charge in [0, 0.05) is 22.7 Å². The van der Waals surface area contributed by atoms with Crippen LogP contribution in [0.2, 0.25) is 5.02 Å². The van der Waals surface area contributed by atoms with E-state index in [0.717, 1.165) is 0 Å². The van der Waals surface area contributed by atoms with E-state index in [4.69, 9.17) is 25.8 Å². The molecule has 0 amide bonds. The van der Waals surface area contributed by atoms with Crippen molar-refractivity contribution in [2.24, 2.45) is 0 Å². The topological polar surface area (TPSA) is 87.9 Å². The molecular formula is C16H14ClNO6. The van der Waals surface area contributed by atoms with Crippen LogP contribution in [0.4, 0.5) is 5.69 Å². The van der Waals surface area contributed by atoms with Crippen molar-refractivity contribution in [3.63, 3.8) is 0 Å². The van der Waals surface area contributed by atoms with Gasteiger partial charge in [0.05, 0.1) is 19.1 Å². The van der Waals surface area contributed by atoms with Crippen LogP contribution in [0, 0.1) is 10.1 Å². The minimum Gasteiger partial charge on any atom is -0.496 e. The number of hydrogen-bond acceptors (Lipinski definition) is 6. The Morgan fingerprint density at radius 2 is 1.79 bits per heavy atom. The number of methoxy groups -OCH3 is 2. The fourth-order valence-electron chi connectivity index (χ4n) is 2.05. The number of nitro groups is 1. The molecule has 0 bridgehead atoms. The van der Waals surface area contributed by atoms with E-state index in [1.165, 1.54) is 38.5 Å². The van der Waals surface area contributed by atoms with E-state index >= 15 is 0 Å². The van der Waals surface area contributed by atoms with E-state index < -0.39 is 10.9 Å². The molecule has 0 heterocycles. The average Bonchev–Trinajstić information content (AvgIpc) is 2.59. The summed E-state index contributed by atoms with van der Waals surface area (Å²) < 4.78 is 15.4. The number of halogens is 1. The summed E-state index contributed by atoms with van der Waals surface area (Å²) in [6.07, 6.45) is 0. The predicted octanol–water partition coefficient (Wildman–Crippen LogP) is 3.62. The van der Waals surface area contributed by atoms with Gasteiger partial charge in [-0.05, 0) is 24.3 Å². The highest BCUT2D eigenvalue weighted by atomic mass is 35.5. The Morgan fingerprint density at radius 3 is 2.42 bits per heavy atom. The second-order valence-electron chi connectivity index (χ2n) is 4.67. The van der Waals surface area contributed by atoms with Crippen molar-refractivity contribution in [1.29, 1.82) is 0 Å². The van der Waals surface area contributed by atoms with Gasteiger partial charge in [-0.2, -0.15) is 0 Å². The zero-order valence-electron chi connectivity index (χ0n) is 12.9. The van der Waals surface area contributed by atoms with Crippen LogP contribution in [-0.4, -0.2) is 25.1 Å². The van der Waals surface area contributed by atoms with E-state index in [1.807, 2.05) is 0 Å². The predicted molar refractivity (Wildman–Crippen MR) is 86.8 cm³/mol. The molecule has 2 aromatic rings. The third-order valence-corrected chi connectivity index (χ3v) is 3.45. The molecule has 8 heteroatoms. The number of ether oxygens (including phenoxy) is 3. The van der Waals surface area contributed by atoms with Gasteiger partial charge in [-0.15, -0.1) is 0 Å². The number of benzene rings is 2. The zero-order chi connectivity index (χ0) is 17.7. The summed E-state index contributed by atoms with van der Waals surface area (Å²) in [6.45, 7) is -0.195. The van der Waals surface area contributed by atoms with Crippen LogP contribution in [0.1, 0.15) is 15.9 Å². The fraction of sp³-hybridized carbons (Fsp3) is 0.188. The van der Waals surface area contributed by atoms with E-state index in [9.17, 15) is 14.9 Å². The molecule has 0 spiro atoms. The number of nitrogens with zero attached hydrogens (tertiary/aromatic N) is 1. The SMILES string of the molecule is COc1ccc([N+](=O)[O-])cc1COC(=O)c1cc(Cl)ccc1OC. The van der Waals surface area contributed by atoms with E-state index in [0.29, 0.717) is 22.1 Å². The van der Waals surface area contributed by atoms with Gasteiger partial charge in [0.1, 0.15) is 23.7 Å². The highest BCUT2D eigenvalue weighted by Crippen LogP contribution is 2.27. The number of carbonyl (C=O) groups excluding carboxylic acids is 1. The van der Waals surface area contributed by atoms with Crippen molar-refractivity contribution < 1.29 is 23.9 Å². The average molecular weight is 352 g/mol. The number of non-ortho nitro benzene ring substituents is 1. The molecule has 0 aliphatic rings. The first-order valence-corrected chi connectivity index (χ1v) is 7.16. The molecule has 0 saturated carbocycles. The van der Waals surface area contributed by atoms with Gasteiger partial charge in [0.25, 0.3) is 5.69 Å². The Labute approximate surface area is 142 Å². The summed E-state index contributed by atoms with van der Waals surface area (Å²) in [4.78, 5) is 22.6. The molecule has 0 unspecified atom stereocenters. The molecule has 0 radical (unpaired) electrons. The van der Waals surface area contributed by atoms with Crippen LogP contribution in [0.5, 0.6) is 11.5 Å². The highest BCUT2D eigenvalue weighted by Gasteiger charge is 2.17. The minimum atomic E-state index is -0.664. The van der Waals surface area contributed by atoms with E-state index in [1.54, 1.807) is 12.1 Å². The summed E-state index contributed by atoms with van der Waals surface area (Å²) in [7, 11) is 2.84. The molecular weight excluding hydrogens is 338 g/mol. The molecule has 0 aliphatic heterocycles. The van der Waals surface area contributed by atoms with Crippen molar-refractivity contribution in [3.05, 3.63) is 62.7 Å². The molecule has 24 heavy (non-hydrogen) atoms. The first-order valence-electron chi connectivity index (χ1n) is 6.78. The number of carbonyl (C=O) groups is 1. The molecule has 126 valence electrons. The summed E-state index contributed by atoms with van der Waals surface area (Å²) >= 11 is 5.88. The Balaban J connectivity index is 2.21. The van der Waals surface area contributed by atoms with Crippen LogP contribution >= 0.6 is 11.6 Å². The number of rotatable bonds is 6. The molecule has 0 aliphatic carbocycles. The van der Waals surface area contributed by atoms with Gasteiger partial charge < -0.3 is 14.2 Å². The van der Waals surface area contributed by atoms with E-state index in [-0.39, 0.29) is 17.9 Å². The smallest absolute Gasteiger partial charge is 0.342 e. The van der Waals surface area contributed by atoms with Crippen LogP contribution in [0.3, 0.4) is 0 Å². The second kappa shape index (κ2) is 7.65. The molecule has 2 aromatic carbocycles. The lowest BCUT2D eigenvalue weighted by Gasteiger charge is -2.11. The monoisotopic (exact) mass is 351 g/mol. The van der Waals surface area contributed by atoms with Crippen LogP contribution in [-0.2, 0) is 11.3 Å². The second-order valence-corrected chi connectivity index (χ2v) is 5.11. The number of hydrogen-bond donors (Lipinski definition) is 0. The quantitative estimate of drug-likeness (QED) is 0.448. The van der Waals surface area contributed by atoms with E-state index in [2.05, 4.69) is 0 Å². The van der Waals surface area contributed by atoms with Crippen molar-refractivity contribution in [3.8, 4) is 11.5 Å². The molecule has 0 fully saturated rings. The first-order chi connectivity index (χ1) is 11.5. The van der Waals surface area contributed by atoms with Gasteiger partial charge in [-0.25, -0.2) is 4.79 Å². The summed E-state index contributed by atoms with van der Waals surface area (Å²) in [5.41, 5.74) is 0.414. The minimum absolute atomic E-state index is 0.123. The van der Waals surface area contributed by atoms with Crippen molar-refractivity contribution in [2.45, 2.75) is 6.61 Å². The normalized spacial score (nSPS) is 10.1. The van der Waals surface area contributed by atoms with Crippen LogP contribution in [0.15, 0.2) is 36.4 Å². The molecule has 7 nitrogen and oxygen atoms in total. The Bertz CT molecular complexity index is 777. The third kappa shape index (κ3) is 3.94. The van der Waals surface area contributed by atoms with Gasteiger partial charge in [0.2, 0.25) is 0 Å². The van der Waals surface area contributed by atoms with Gasteiger partial charge in [-0.3, -0.25) is 10.1 Å². The van der Waals surface area contributed by atoms with Crippen molar-refractivity contribution in [1.82, 2.24) is 0 Å². The number of nitro benzene ring substituents is 1. The van der Waals surface area contributed by atoms with Crippen molar-refractivity contribution >= 4 is 23.3 Å². The summed E-state index contributed by atoms with van der Waals surface area (Å²) in [6, 6.07) is 8.60. The van der Waals surface area contributed by atoms with Crippen LogP contribution in [0.25, 0.3) is 0 Å². The molecule has 0 saturated heterocycles. The Kier molecular flexibility index (Phi) is 5.59. The summed E-state index contributed by atoms with van der Waals surface area (Å²) in [5.74, 6) is 0.0322. The largest absolute Gasteiger partial charge is 0.496 e. The van der Waals surface area contributed by atoms with Gasteiger partial charge in [0.15, 0.2) is 0 Å². The van der Waals surface area contributed by atoms with Gasteiger partial charge >= 0.3 is 5.97 Å². The Hall–Kier alpha value is -2.80.